The summed E-state index contributed by atoms with van der Waals surface area (Å²) in [7, 11) is 1.01. The summed E-state index contributed by atoms with van der Waals surface area (Å²) in [6.45, 7) is 0. The van der Waals surface area contributed by atoms with Crippen molar-refractivity contribution < 1.29 is 29.6 Å². The third-order valence-electron chi connectivity index (χ3n) is 1.26. The molecule has 0 saturated carbocycles. The van der Waals surface area contributed by atoms with E-state index in [1.54, 1.807) is 0 Å². The Bertz CT molecular complexity index is 167. The number of hydrogen-bond acceptors (Lipinski definition) is 6. The molecule has 0 radical (unpaired) electrons. The lowest BCUT2D eigenvalue weighted by Crippen LogP contribution is -2.43. The van der Waals surface area contributed by atoms with E-state index < -0.39 is 24.3 Å². The minimum absolute atomic E-state index is 0.0107. The summed E-state index contributed by atoms with van der Waals surface area (Å²) in [5.74, 6) is -1.11. The molecule has 70 valence electrons. The quantitative estimate of drug-likeness (QED) is 0.323. The molecule has 0 amide bonds. The standard InChI is InChI=1S/C6H10O6/c1-12-6(11)5(10)4(9)3(8)2-7/h2-5,8-10H,1H3/t3-,4+,5-/m0/s1. The maximum Gasteiger partial charge on any atom is 0.337 e. The predicted molar refractivity (Wildman–Crippen MR) is 36.1 cm³/mol. The van der Waals surface area contributed by atoms with Crippen LogP contribution in [0, 0.1) is 0 Å². The monoisotopic (exact) mass is 178 g/mol. The molecule has 0 spiro atoms. The third-order valence-corrected chi connectivity index (χ3v) is 1.26. The summed E-state index contributed by atoms with van der Waals surface area (Å²) in [5, 5.41) is 26.4. The molecule has 12 heavy (non-hydrogen) atoms. The number of carbonyl (C=O) groups is 2. The first-order chi connectivity index (χ1) is 5.54. The van der Waals surface area contributed by atoms with Crippen LogP contribution in [-0.4, -0.2) is 53.0 Å². The zero-order valence-electron chi connectivity index (χ0n) is 6.38. The van der Waals surface area contributed by atoms with E-state index in [0.717, 1.165) is 7.11 Å². The van der Waals surface area contributed by atoms with Crippen molar-refractivity contribution in [3.63, 3.8) is 0 Å². The summed E-state index contributed by atoms with van der Waals surface area (Å²) >= 11 is 0. The van der Waals surface area contributed by atoms with Gasteiger partial charge in [-0.25, -0.2) is 4.79 Å². The Morgan fingerprint density at radius 2 is 1.92 bits per heavy atom. The Hall–Kier alpha value is -0.980. The fourth-order valence-corrected chi connectivity index (χ4v) is 0.527. The van der Waals surface area contributed by atoms with Crippen molar-refractivity contribution in [2.45, 2.75) is 18.3 Å². The molecule has 0 aliphatic carbocycles. The van der Waals surface area contributed by atoms with Gasteiger partial charge in [0.2, 0.25) is 0 Å². The Labute approximate surface area is 68.4 Å². The minimum atomic E-state index is -1.91. The van der Waals surface area contributed by atoms with Crippen LogP contribution in [-0.2, 0) is 14.3 Å². The molecule has 3 N–H and O–H groups in total. The number of hydrogen-bond donors (Lipinski definition) is 3. The Morgan fingerprint density at radius 1 is 1.42 bits per heavy atom. The van der Waals surface area contributed by atoms with Gasteiger partial charge in [0.05, 0.1) is 7.11 Å². The number of esters is 1. The van der Waals surface area contributed by atoms with Crippen molar-refractivity contribution in [3.05, 3.63) is 0 Å². The number of aliphatic hydroxyl groups excluding tert-OH is 3. The van der Waals surface area contributed by atoms with Gasteiger partial charge in [-0.3, -0.25) is 0 Å². The molecule has 0 rings (SSSR count). The molecule has 6 heteroatoms. The van der Waals surface area contributed by atoms with Crippen molar-refractivity contribution in [3.8, 4) is 0 Å². The summed E-state index contributed by atoms with van der Waals surface area (Å²) < 4.78 is 4.05. The van der Waals surface area contributed by atoms with Gasteiger partial charge in [0.15, 0.2) is 12.4 Å². The van der Waals surface area contributed by atoms with Gasteiger partial charge in [-0.15, -0.1) is 0 Å². The molecule has 0 aliphatic heterocycles. The predicted octanol–water partition coefficient (Wildman–Crippen LogP) is -2.56. The van der Waals surface area contributed by atoms with E-state index in [2.05, 4.69) is 4.74 Å². The van der Waals surface area contributed by atoms with E-state index in [0.29, 0.717) is 0 Å². The topological polar surface area (TPSA) is 104 Å². The van der Waals surface area contributed by atoms with Crippen LogP contribution in [0.3, 0.4) is 0 Å². The SMILES string of the molecule is COC(=O)[C@@H](O)[C@H](O)[C@@H](O)C=O. The first-order valence-corrected chi connectivity index (χ1v) is 3.12. The molecule has 0 bridgehead atoms. The minimum Gasteiger partial charge on any atom is -0.467 e. The highest BCUT2D eigenvalue weighted by molar-refractivity contribution is 5.76. The van der Waals surface area contributed by atoms with Crippen LogP contribution in [0.1, 0.15) is 0 Å². The van der Waals surface area contributed by atoms with Crippen LogP contribution in [0.2, 0.25) is 0 Å². The number of aliphatic hydroxyl groups is 3. The van der Waals surface area contributed by atoms with Crippen LogP contribution >= 0.6 is 0 Å². The van der Waals surface area contributed by atoms with Gasteiger partial charge in [-0.05, 0) is 0 Å². The highest BCUT2D eigenvalue weighted by Crippen LogP contribution is 1.99. The van der Waals surface area contributed by atoms with Crippen LogP contribution in [0.4, 0.5) is 0 Å². The Balaban J connectivity index is 4.17. The van der Waals surface area contributed by atoms with Crippen LogP contribution in [0.15, 0.2) is 0 Å². The summed E-state index contributed by atoms with van der Waals surface area (Å²) in [6.07, 6.45) is -5.54. The zero-order valence-corrected chi connectivity index (χ0v) is 6.38. The molecule has 0 aromatic heterocycles. The van der Waals surface area contributed by atoms with E-state index in [1.165, 1.54) is 0 Å². The summed E-state index contributed by atoms with van der Waals surface area (Å²) in [5.41, 5.74) is 0. The van der Waals surface area contributed by atoms with E-state index in [9.17, 15) is 9.59 Å². The number of aldehydes is 1. The van der Waals surface area contributed by atoms with Crippen LogP contribution in [0.5, 0.6) is 0 Å². The van der Waals surface area contributed by atoms with Crippen molar-refractivity contribution in [1.29, 1.82) is 0 Å². The van der Waals surface area contributed by atoms with Crippen molar-refractivity contribution in [1.82, 2.24) is 0 Å². The van der Waals surface area contributed by atoms with Crippen molar-refractivity contribution in [2.24, 2.45) is 0 Å². The van der Waals surface area contributed by atoms with E-state index in [-0.39, 0.29) is 6.29 Å². The maximum atomic E-state index is 10.5. The summed E-state index contributed by atoms with van der Waals surface area (Å²) in [4.78, 5) is 20.4. The molecule has 3 atom stereocenters. The highest BCUT2D eigenvalue weighted by atomic mass is 16.5. The smallest absolute Gasteiger partial charge is 0.337 e. The fourth-order valence-electron chi connectivity index (χ4n) is 0.527. The first-order valence-electron chi connectivity index (χ1n) is 3.12. The van der Waals surface area contributed by atoms with Crippen molar-refractivity contribution >= 4 is 12.3 Å². The molecule has 6 nitrogen and oxygen atoms in total. The molecule has 0 aliphatic rings. The molecule has 0 saturated heterocycles. The molecule has 0 fully saturated rings. The first kappa shape index (κ1) is 11.0. The lowest BCUT2D eigenvalue weighted by molar-refractivity contribution is -0.161. The molecule has 0 heterocycles. The van der Waals surface area contributed by atoms with Gasteiger partial charge in [-0.2, -0.15) is 0 Å². The number of methoxy groups -OCH3 is 1. The van der Waals surface area contributed by atoms with Gasteiger partial charge >= 0.3 is 5.97 Å². The maximum absolute atomic E-state index is 10.5. The fraction of sp³-hybridized carbons (Fsp3) is 0.667. The molecular formula is C6H10O6. The lowest BCUT2D eigenvalue weighted by atomic mass is 10.1. The molecule has 0 aromatic rings. The second kappa shape index (κ2) is 4.81. The van der Waals surface area contributed by atoms with E-state index in [1.807, 2.05) is 0 Å². The Morgan fingerprint density at radius 3 is 2.25 bits per heavy atom. The molecular weight excluding hydrogens is 168 g/mol. The lowest BCUT2D eigenvalue weighted by Gasteiger charge is -2.16. The van der Waals surface area contributed by atoms with Gasteiger partial charge in [0, 0.05) is 0 Å². The van der Waals surface area contributed by atoms with Gasteiger partial charge in [0.25, 0.3) is 0 Å². The van der Waals surface area contributed by atoms with Crippen LogP contribution < -0.4 is 0 Å². The number of carbonyl (C=O) groups excluding carboxylic acids is 2. The second-order valence-electron chi connectivity index (χ2n) is 2.09. The molecule has 0 aromatic carbocycles. The zero-order chi connectivity index (χ0) is 9.72. The van der Waals surface area contributed by atoms with Crippen molar-refractivity contribution in [2.75, 3.05) is 7.11 Å². The van der Waals surface area contributed by atoms with Gasteiger partial charge in [0.1, 0.15) is 12.2 Å². The second-order valence-corrected chi connectivity index (χ2v) is 2.09. The average Bonchev–Trinajstić information content (AvgIpc) is 2.12. The Kier molecular flexibility index (Phi) is 4.42. The highest BCUT2D eigenvalue weighted by Gasteiger charge is 2.30. The largest absolute Gasteiger partial charge is 0.467 e. The van der Waals surface area contributed by atoms with Gasteiger partial charge in [-0.1, -0.05) is 0 Å². The number of rotatable bonds is 4. The van der Waals surface area contributed by atoms with Gasteiger partial charge < -0.3 is 24.9 Å². The normalized spacial score (nSPS) is 17.7. The number of ether oxygens (including phenoxy) is 1. The third kappa shape index (κ3) is 2.57. The van der Waals surface area contributed by atoms with E-state index >= 15 is 0 Å². The summed E-state index contributed by atoms with van der Waals surface area (Å²) in [6, 6.07) is 0. The van der Waals surface area contributed by atoms with Crippen LogP contribution in [0.25, 0.3) is 0 Å². The average molecular weight is 178 g/mol. The van der Waals surface area contributed by atoms with E-state index in [4.69, 9.17) is 15.3 Å². The molecule has 0 unspecified atom stereocenters.